The molecule has 3 heterocycles. The summed E-state index contributed by atoms with van der Waals surface area (Å²) in [4.78, 5) is 22.1. The summed E-state index contributed by atoms with van der Waals surface area (Å²) in [6.07, 6.45) is -0.641. The van der Waals surface area contributed by atoms with Gasteiger partial charge in [-0.3, -0.25) is 4.79 Å². The topological polar surface area (TPSA) is 108 Å². The zero-order valence-corrected chi connectivity index (χ0v) is 19.2. The number of hydrogen-bond acceptors (Lipinski definition) is 5. The van der Waals surface area contributed by atoms with E-state index in [-0.39, 0.29) is 28.9 Å². The Labute approximate surface area is 203 Å². The first-order chi connectivity index (χ1) is 17.1. The second-order valence-electron chi connectivity index (χ2n) is 9.26. The first-order valence-electron chi connectivity index (χ1n) is 11.7. The van der Waals surface area contributed by atoms with Gasteiger partial charge in [-0.25, -0.2) is 9.37 Å². The maximum Gasteiger partial charge on any atom is 0.573 e. The molecule has 36 heavy (non-hydrogen) atoms. The van der Waals surface area contributed by atoms with Gasteiger partial charge in [-0.15, -0.1) is 13.2 Å². The first-order valence-corrected chi connectivity index (χ1v) is 11.7. The van der Waals surface area contributed by atoms with Crippen LogP contribution in [0.4, 0.5) is 23.2 Å². The van der Waals surface area contributed by atoms with Crippen molar-refractivity contribution >= 4 is 22.6 Å². The molecule has 0 unspecified atom stereocenters. The number of pyridine rings is 1. The summed E-state index contributed by atoms with van der Waals surface area (Å²) < 4.78 is 56.3. The number of rotatable bonds is 3. The number of carbonyl (C=O) groups excluding carboxylic acids is 1. The van der Waals surface area contributed by atoms with Crippen LogP contribution in [0, 0.1) is 23.1 Å². The van der Waals surface area contributed by atoms with Crippen LogP contribution in [-0.4, -0.2) is 40.2 Å². The molecule has 7 nitrogen and oxygen atoms in total. The van der Waals surface area contributed by atoms with Gasteiger partial charge in [0.25, 0.3) is 5.91 Å². The number of aromatic amines is 1. The van der Waals surface area contributed by atoms with Crippen molar-refractivity contribution in [3.05, 3.63) is 52.6 Å². The number of halogens is 4. The molecular formula is C25H23F4N5O2. The predicted molar refractivity (Wildman–Crippen MR) is 123 cm³/mol. The number of nitriles is 1. The summed E-state index contributed by atoms with van der Waals surface area (Å²) in [5.41, 5.74) is 8.98. The van der Waals surface area contributed by atoms with Crippen LogP contribution in [-0.2, 0) is 12.8 Å². The number of nitrogens with zero attached hydrogens (tertiary/aromatic N) is 3. The molecule has 0 spiro atoms. The number of fused-ring (bicyclic) bond motifs is 3. The Morgan fingerprint density at radius 3 is 2.67 bits per heavy atom. The number of H-pyrrole nitrogens is 1. The molecule has 1 aromatic carbocycles. The van der Waals surface area contributed by atoms with E-state index in [1.54, 1.807) is 4.90 Å². The Kier molecular flexibility index (Phi) is 5.98. The van der Waals surface area contributed by atoms with Gasteiger partial charge >= 0.3 is 6.36 Å². The molecule has 0 bridgehead atoms. The highest BCUT2D eigenvalue weighted by molar-refractivity contribution is 5.99. The van der Waals surface area contributed by atoms with E-state index in [0.717, 1.165) is 28.8 Å². The molecule has 0 radical (unpaired) electrons. The second kappa shape index (κ2) is 9.00. The van der Waals surface area contributed by atoms with Gasteiger partial charge in [-0.2, -0.15) is 5.26 Å². The van der Waals surface area contributed by atoms with Crippen LogP contribution >= 0.6 is 0 Å². The van der Waals surface area contributed by atoms with Crippen LogP contribution in [0.2, 0.25) is 0 Å². The van der Waals surface area contributed by atoms with E-state index in [4.69, 9.17) is 5.73 Å². The molecule has 3 N–H and O–H groups in total. The number of nitrogens with two attached hydrogens (primary N) is 1. The summed E-state index contributed by atoms with van der Waals surface area (Å²) in [6, 6.07) is 5.56. The fraction of sp³-hybridized carbons (Fsp3) is 0.400. The van der Waals surface area contributed by atoms with Crippen molar-refractivity contribution in [1.29, 1.82) is 5.26 Å². The normalized spacial score (nSPS) is 18.6. The highest BCUT2D eigenvalue weighted by Gasteiger charge is 2.33. The molecule has 1 saturated heterocycles. The summed E-state index contributed by atoms with van der Waals surface area (Å²) in [5.74, 6) is -1.49. The first kappa shape index (κ1) is 23.9. The third kappa shape index (κ3) is 4.43. The number of nitrogen functional groups attached to an aromatic ring is 1. The smallest absolute Gasteiger partial charge is 0.406 e. The summed E-state index contributed by atoms with van der Waals surface area (Å²) in [6.45, 7) is 0.687. The average Bonchev–Trinajstić information content (AvgIpc) is 3.20. The average molecular weight is 501 g/mol. The number of piperidine rings is 1. The van der Waals surface area contributed by atoms with E-state index in [1.807, 2.05) is 0 Å². The number of aryl methyl sites for hydroxylation is 1. The Morgan fingerprint density at radius 2 is 2.00 bits per heavy atom. The quantitative estimate of drug-likeness (QED) is 0.395. The van der Waals surface area contributed by atoms with Crippen LogP contribution in [0.15, 0.2) is 24.4 Å². The SMILES string of the molecule is N#C[C@H]1CCc2c([nH]c3ncc(F)c(C4CCN(C(=O)c5ccc(OC(F)(F)F)cc5N)CC4)c23)C1. The van der Waals surface area contributed by atoms with E-state index < -0.39 is 18.0 Å². The third-order valence-electron chi connectivity index (χ3n) is 7.06. The Bertz CT molecular complexity index is 1370. The van der Waals surface area contributed by atoms with Gasteiger partial charge in [0.05, 0.1) is 23.7 Å². The Balaban J connectivity index is 1.34. The monoisotopic (exact) mass is 501 g/mol. The van der Waals surface area contributed by atoms with Crippen molar-refractivity contribution < 1.29 is 27.1 Å². The lowest BCUT2D eigenvalue weighted by Crippen LogP contribution is -2.38. The molecule has 1 atom stereocenters. The molecule has 2 aromatic heterocycles. The van der Waals surface area contributed by atoms with E-state index in [1.165, 1.54) is 12.3 Å². The lowest BCUT2D eigenvalue weighted by Gasteiger charge is -2.33. The van der Waals surface area contributed by atoms with Gasteiger partial charge in [0.1, 0.15) is 17.2 Å². The van der Waals surface area contributed by atoms with E-state index in [0.29, 0.717) is 56.4 Å². The van der Waals surface area contributed by atoms with E-state index >= 15 is 4.39 Å². The number of aromatic nitrogens is 2. The van der Waals surface area contributed by atoms with Crippen LogP contribution in [0.1, 0.15) is 52.4 Å². The fourth-order valence-electron chi connectivity index (χ4n) is 5.37. The molecule has 3 aromatic rings. The highest BCUT2D eigenvalue weighted by atomic mass is 19.4. The number of hydrogen-bond donors (Lipinski definition) is 2. The number of anilines is 1. The minimum absolute atomic E-state index is 0.0744. The third-order valence-corrected chi connectivity index (χ3v) is 7.06. The molecule has 2 aliphatic rings. The number of benzene rings is 1. The van der Waals surface area contributed by atoms with Gasteiger partial charge in [0.2, 0.25) is 0 Å². The molecule has 1 aliphatic heterocycles. The fourth-order valence-corrected chi connectivity index (χ4v) is 5.37. The van der Waals surface area contributed by atoms with Crippen LogP contribution in [0.3, 0.4) is 0 Å². The van der Waals surface area contributed by atoms with Gasteiger partial charge in [-0.1, -0.05) is 0 Å². The highest BCUT2D eigenvalue weighted by Crippen LogP contribution is 2.40. The van der Waals surface area contributed by atoms with Crippen molar-refractivity contribution in [1.82, 2.24) is 14.9 Å². The minimum atomic E-state index is -4.86. The Hall–Kier alpha value is -3.81. The van der Waals surface area contributed by atoms with Gasteiger partial charge < -0.3 is 20.4 Å². The largest absolute Gasteiger partial charge is 0.573 e. The maximum absolute atomic E-state index is 15.1. The van der Waals surface area contributed by atoms with Crippen LogP contribution in [0.5, 0.6) is 5.75 Å². The van der Waals surface area contributed by atoms with Crippen LogP contribution in [0.25, 0.3) is 11.0 Å². The lowest BCUT2D eigenvalue weighted by atomic mass is 9.83. The number of carbonyl (C=O) groups is 1. The number of nitrogens with one attached hydrogen (secondary N) is 1. The van der Waals surface area contributed by atoms with Crippen molar-refractivity contribution in [2.45, 2.75) is 44.4 Å². The molecule has 188 valence electrons. The summed E-state index contributed by atoms with van der Waals surface area (Å²) in [7, 11) is 0. The van der Waals surface area contributed by atoms with Crippen molar-refractivity contribution in [3.8, 4) is 11.8 Å². The lowest BCUT2D eigenvalue weighted by molar-refractivity contribution is -0.274. The molecule has 1 aliphatic carbocycles. The van der Waals surface area contributed by atoms with Crippen molar-refractivity contribution in [2.75, 3.05) is 18.8 Å². The van der Waals surface area contributed by atoms with E-state index in [9.17, 15) is 23.2 Å². The van der Waals surface area contributed by atoms with Crippen molar-refractivity contribution in [2.24, 2.45) is 5.92 Å². The molecule has 11 heteroatoms. The van der Waals surface area contributed by atoms with Gasteiger partial charge in [-0.05, 0) is 49.3 Å². The van der Waals surface area contributed by atoms with Gasteiger partial charge in [0.15, 0.2) is 0 Å². The molecular weight excluding hydrogens is 478 g/mol. The number of likely N-dealkylation sites (tertiary alicyclic amines) is 1. The van der Waals surface area contributed by atoms with Gasteiger partial charge in [0, 0.05) is 47.9 Å². The standard InChI is InChI=1S/C25H23F4N5O2/c26-18-12-32-23-22(17-3-1-13(11-30)9-20(17)33-23)21(18)14-5-7-34(8-6-14)24(35)16-4-2-15(10-19(16)31)36-25(27,28)29/h2,4,10,12-14H,1,3,5-9,31H2,(H,32,33)/t13-/m0/s1. The summed E-state index contributed by atoms with van der Waals surface area (Å²) in [5, 5.41) is 10.1. The summed E-state index contributed by atoms with van der Waals surface area (Å²) >= 11 is 0. The molecule has 1 amide bonds. The molecule has 0 saturated carbocycles. The minimum Gasteiger partial charge on any atom is -0.406 e. The number of ether oxygens (including phenoxy) is 1. The Morgan fingerprint density at radius 1 is 1.25 bits per heavy atom. The zero-order chi connectivity index (χ0) is 25.6. The van der Waals surface area contributed by atoms with E-state index in [2.05, 4.69) is 20.8 Å². The molecule has 5 rings (SSSR count). The zero-order valence-electron chi connectivity index (χ0n) is 19.2. The molecule has 1 fully saturated rings. The second-order valence-corrected chi connectivity index (χ2v) is 9.26. The number of alkyl halides is 3. The number of amides is 1. The predicted octanol–water partition coefficient (Wildman–Crippen LogP) is 4.83. The van der Waals surface area contributed by atoms with Crippen molar-refractivity contribution in [3.63, 3.8) is 0 Å². The van der Waals surface area contributed by atoms with Crippen LogP contribution < -0.4 is 10.5 Å². The maximum atomic E-state index is 15.1.